The minimum Gasteiger partial charge on any atom is -0.206 e. The van der Waals surface area contributed by atoms with Crippen molar-refractivity contribution in [3.63, 3.8) is 0 Å². The predicted octanol–water partition coefficient (Wildman–Crippen LogP) is 2.10. The van der Waals surface area contributed by atoms with Gasteiger partial charge < -0.3 is 0 Å². The Labute approximate surface area is 74.7 Å². The number of halogens is 2. The van der Waals surface area contributed by atoms with Gasteiger partial charge in [0.25, 0.3) is 0 Å². The van der Waals surface area contributed by atoms with Gasteiger partial charge in [-0.05, 0) is 12.1 Å². The molecule has 0 saturated heterocycles. The number of hydrogen-bond acceptors (Lipinski definition) is 2. The summed E-state index contributed by atoms with van der Waals surface area (Å²) in [5, 5.41) is 0.311. The third-order valence-electron chi connectivity index (χ3n) is 1.32. The van der Waals surface area contributed by atoms with Crippen molar-refractivity contribution in [2.45, 2.75) is 0 Å². The van der Waals surface area contributed by atoms with Crippen LogP contribution < -0.4 is 0 Å². The van der Waals surface area contributed by atoms with Gasteiger partial charge in [0.1, 0.15) is 5.82 Å². The standard InChI is InChI=1S/C8H6F2O2S/c9-8-4-2-1-3-7(8)5-6-13(10,11)12/h1-6H. The van der Waals surface area contributed by atoms with Crippen LogP contribution in [0.1, 0.15) is 5.56 Å². The second kappa shape index (κ2) is 3.66. The lowest BCUT2D eigenvalue weighted by Gasteiger charge is -1.92. The number of hydrogen-bond donors (Lipinski definition) is 0. The molecule has 0 aliphatic rings. The van der Waals surface area contributed by atoms with Crippen molar-refractivity contribution >= 4 is 16.3 Å². The smallest absolute Gasteiger partial charge is 0.206 e. The molecule has 0 heterocycles. The lowest BCUT2D eigenvalue weighted by Crippen LogP contribution is -1.83. The molecule has 0 bridgehead atoms. The van der Waals surface area contributed by atoms with Crippen LogP contribution in [0, 0.1) is 5.82 Å². The van der Waals surface area contributed by atoms with Gasteiger partial charge in [-0.3, -0.25) is 0 Å². The lowest BCUT2D eigenvalue weighted by molar-refractivity contribution is 0.563. The number of benzene rings is 1. The molecule has 0 saturated carbocycles. The Morgan fingerprint density at radius 2 is 1.85 bits per heavy atom. The fraction of sp³-hybridized carbons (Fsp3) is 0. The summed E-state index contributed by atoms with van der Waals surface area (Å²) in [5.74, 6) is -0.595. The molecule has 2 nitrogen and oxygen atoms in total. The van der Waals surface area contributed by atoms with E-state index in [1.54, 1.807) is 0 Å². The maximum absolute atomic E-state index is 12.8. The van der Waals surface area contributed by atoms with Crippen molar-refractivity contribution in [1.29, 1.82) is 0 Å². The molecule has 0 unspecified atom stereocenters. The Morgan fingerprint density at radius 1 is 1.23 bits per heavy atom. The molecular weight excluding hydrogens is 198 g/mol. The van der Waals surface area contributed by atoms with E-state index in [1.165, 1.54) is 18.2 Å². The minimum absolute atomic E-state index is 0.0312. The fourth-order valence-electron chi connectivity index (χ4n) is 0.765. The molecular formula is C8H6F2O2S. The van der Waals surface area contributed by atoms with Crippen molar-refractivity contribution in [2.24, 2.45) is 0 Å². The molecule has 5 heteroatoms. The van der Waals surface area contributed by atoms with E-state index < -0.39 is 16.0 Å². The summed E-state index contributed by atoms with van der Waals surface area (Å²) in [6, 6.07) is 5.48. The predicted molar refractivity (Wildman–Crippen MR) is 45.5 cm³/mol. The van der Waals surface area contributed by atoms with Crippen molar-refractivity contribution in [3.05, 3.63) is 41.1 Å². The summed E-state index contributed by atoms with van der Waals surface area (Å²) >= 11 is 0. The Morgan fingerprint density at radius 3 is 2.38 bits per heavy atom. The van der Waals surface area contributed by atoms with Gasteiger partial charge in [-0.2, -0.15) is 8.42 Å². The molecule has 1 aromatic carbocycles. The maximum Gasteiger partial charge on any atom is 0.325 e. The quantitative estimate of drug-likeness (QED) is 0.691. The summed E-state index contributed by atoms with van der Waals surface area (Å²) in [6.45, 7) is 0. The zero-order valence-corrected chi connectivity index (χ0v) is 7.26. The van der Waals surface area contributed by atoms with Gasteiger partial charge in [0, 0.05) is 5.56 Å². The molecule has 0 aliphatic heterocycles. The molecule has 0 N–H and O–H groups in total. The van der Waals surface area contributed by atoms with Crippen LogP contribution >= 0.6 is 0 Å². The van der Waals surface area contributed by atoms with E-state index in [-0.39, 0.29) is 5.56 Å². The zero-order valence-electron chi connectivity index (χ0n) is 6.44. The van der Waals surface area contributed by atoms with Crippen LogP contribution in [0.5, 0.6) is 0 Å². The average molecular weight is 204 g/mol. The first-order valence-corrected chi connectivity index (χ1v) is 4.81. The van der Waals surface area contributed by atoms with E-state index in [9.17, 15) is 16.7 Å². The van der Waals surface area contributed by atoms with Crippen LogP contribution in [-0.2, 0) is 10.2 Å². The van der Waals surface area contributed by atoms with Crippen LogP contribution in [-0.4, -0.2) is 8.42 Å². The van der Waals surface area contributed by atoms with Crippen molar-refractivity contribution in [3.8, 4) is 0 Å². The van der Waals surface area contributed by atoms with Crippen LogP contribution in [0.2, 0.25) is 0 Å². The number of rotatable bonds is 2. The van der Waals surface area contributed by atoms with Gasteiger partial charge in [0.05, 0.1) is 5.41 Å². The second-order valence-electron chi connectivity index (χ2n) is 2.30. The largest absolute Gasteiger partial charge is 0.325 e. The average Bonchev–Trinajstić information content (AvgIpc) is 2.01. The van der Waals surface area contributed by atoms with Crippen molar-refractivity contribution < 1.29 is 16.7 Å². The van der Waals surface area contributed by atoms with Crippen molar-refractivity contribution in [2.75, 3.05) is 0 Å². The van der Waals surface area contributed by atoms with Crippen LogP contribution in [0.15, 0.2) is 29.7 Å². The summed E-state index contributed by atoms with van der Waals surface area (Å²) in [5.41, 5.74) is 0.0312. The molecule has 70 valence electrons. The van der Waals surface area contributed by atoms with Gasteiger partial charge >= 0.3 is 10.2 Å². The highest BCUT2D eigenvalue weighted by Gasteiger charge is 2.00. The SMILES string of the molecule is O=S(=O)(F)C=Cc1ccccc1F. The van der Waals surface area contributed by atoms with Gasteiger partial charge in [0.15, 0.2) is 0 Å². The Kier molecular flexibility index (Phi) is 2.77. The topological polar surface area (TPSA) is 34.1 Å². The molecule has 1 rings (SSSR count). The Bertz CT molecular complexity index is 424. The summed E-state index contributed by atoms with van der Waals surface area (Å²) < 4.78 is 44.8. The van der Waals surface area contributed by atoms with Crippen LogP contribution in [0.4, 0.5) is 8.28 Å². The summed E-state index contributed by atoms with van der Waals surface area (Å²) in [6.07, 6.45) is 0.866. The fourth-order valence-corrected chi connectivity index (χ4v) is 1.07. The van der Waals surface area contributed by atoms with E-state index in [2.05, 4.69) is 0 Å². The molecule has 0 aromatic heterocycles. The maximum atomic E-state index is 12.8. The van der Waals surface area contributed by atoms with Crippen LogP contribution in [0.25, 0.3) is 6.08 Å². The molecule has 0 spiro atoms. The Balaban J connectivity index is 3.00. The highest BCUT2D eigenvalue weighted by Crippen LogP contribution is 2.09. The zero-order chi connectivity index (χ0) is 9.90. The molecule has 0 atom stereocenters. The van der Waals surface area contributed by atoms with Gasteiger partial charge in [0.2, 0.25) is 0 Å². The Hall–Kier alpha value is -1.23. The molecule has 0 radical (unpaired) electrons. The monoisotopic (exact) mass is 204 g/mol. The minimum atomic E-state index is -4.69. The molecule has 0 fully saturated rings. The summed E-state index contributed by atoms with van der Waals surface area (Å²) in [4.78, 5) is 0. The highest BCUT2D eigenvalue weighted by atomic mass is 32.3. The van der Waals surface area contributed by atoms with Gasteiger partial charge in [-0.1, -0.05) is 18.2 Å². The normalized spacial score (nSPS) is 12.2. The second-order valence-corrected chi connectivity index (χ2v) is 3.52. The van der Waals surface area contributed by atoms with Crippen molar-refractivity contribution in [1.82, 2.24) is 0 Å². The lowest BCUT2D eigenvalue weighted by atomic mass is 10.2. The highest BCUT2D eigenvalue weighted by molar-refractivity contribution is 7.89. The molecule has 13 heavy (non-hydrogen) atoms. The van der Waals surface area contributed by atoms with Gasteiger partial charge in [-0.15, -0.1) is 3.89 Å². The van der Waals surface area contributed by atoms with E-state index in [0.29, 0.717) is 5.41 Å². The third-order valence-corrected chi connectivity index (χ3v) is 1.78. The van der Waals surface area contributed by atoms with E-state index in [0.717, 1.165) is 12.1 Å². The third kappa shape index (κ3) is 3.33. The van der Waals surface area contributed by atoms with Crippen LogP contribution in [0.3, 0.4) is 0 Å². The molecule has 0 aliphatic carbocycles. The van der Waals surface area contributed by atoms with Gasteiger partial charge in [-0.25, -0.2) is 4.39 Å². The molecule has 1 aromatic rings. The first kappa shape index (κ1) is 9.85. The first-order valence-electron chi connectivity index (χ1n) is 3.36. The van der Waals surface area contributed by atoms with E-state index in [4.69, 9.17) is 0 Å². The van der Waals surface area contributed by atoms with E-state index in [1.807, 2.05) is 0 Å². The van der Waals surface area contributed by atoms with E-state index >= 15 is 0 Å². The summed E-state index contributed by atoms with van der Waals surface area (Å²) in [7, 11) is -4.69. The first-order chi connectivity index (χ1) is 5.99. The molecule has 0 amide bonds.